The molecule has 5 nitrogen and oxygen atoms in total. The number of aliphatic carboxylic acids is 1. The van der Waals surface area contributed by atoms with Crippen molar-refractivity contribution in [3.63, 3.8) is 0 Å². The second-order valence-corrected chi connectivity index (χ2v) is 6.69. The molecule has 136 valence electrons. The van der Waals surface area contributed by atoms with Crippen LogP contribution < -0.4 is 5.01 Å². The van der Waals surface area contributed by atoms with Gasteiger partial charge in [0.05, 0.1) is 16.8 Å². The molecule has 0 saturated carbocycles. The number of carbonyl (C=O) groups is 1. The average molecular weight is 397 g/mol. The zero-order valence-electron chi connectivity index (χ0n) is 13.4. The molecule has 2 aromatic rings. The van der Waals surface area contributed by atoms with Gasteiger partial charge in [-0.1, -0.05) is 35.3 Å². The summed E-state index contributed by atoms with van der Waals surface area (Å²) in [5, 5.41) is 25.4. The Morgan fingerprint density at radius 2 is 1.88 bits per heavy atom. The minimum atomic E-state index is -1.18. The lowest BCUT2D eigenvalue weighted by Gasteiger charge is -2.28. The van der Waals surface area contributed by atoms with Crippen molar-refractivity contribution in [1.29, 1.82) is 0 Å². The minimum Gasteiger partial charge on any atom is -0.477 e. The fourth-order valence-corrected chi connectivity index (χ4v) is 3.61. The highest BCUT2D eigenvalue weighted by Gasteiger charge is 2.42. The van der Waals surface area contributed by atoms with Crippen molar-refractivity contribution in [3.05, 3.63) is 63.9 Å². The van der Waals surface area contributed by atoms with Gasteiger partial charge < -0.3 is 10.2 Å². The topological polar surface area (TPSA) is 73.1 Å². The van der Waals surface area contributed by atoms with Crippen molar-refractivity contribution >= 4 is 40.6 Å². The number of aliphatic hydroxyl groups excluding tert-OH is 1. The number of anilines is 1. The van der Waals surface area contributed by atoms with Gasteiger partial charge in [0.2, 0.25) is 0 Å². The highest BCUT2D eigenvalue weighted by molar-refractivity contribution is 6.38. The summed E-state index contributed by atoms with van der Waals surface area (Å²) < 4.78 is 13.3. The molecule has 0 aromatic heterocycles. The van der Waals surface area contributed by atoms with Crippen molar-refractivity contribution in [2.75, 3.05) is 11.6 Å². The van der Waals surface area contributed by atoms with E-state index < -0.39 is 23.7 Å². The number of rotatable bonds is 5. The van der Waals surface area contributed by atoms with E-state index in [1.807, 2.05) is 0 Å². The largest absolute Gasteiger partial charge is 0.477 e. The fourth-order valence-electron chi connectivity index (χ4n) is 3.11. The molecule has 1 aliphatic rings. The molecular weight excluding hydrogens is 382 g/mol. The molecule has 0 radical (unpaired) electrons. The lowest BCUT2D eigenvalue weighted by molar-refractivity contribution is -0.129. The highest BCUT2D eigenvalue weighted by Crippen LogP contribution is 2.43. The van der Waals surface area contributed by atoms with Gasteiger partial charge in [0.25, 0.3) is 0 Å². The number of halogens is 3. The zero-order valence-corrected chi connectivity index (χ0v) is 15.0. The van der Waals surface area contributed by atoms with Gasteiger partial charge in [-0.25, -0.2) is 9.18 Å². The Morgan fingerprint density at radius 3 is 2.46 bits per heavy atom. The third-order valence-electron chi connectivity index (χ3n) is 4.24. The lowest BCUT2D eigenvalue weighted by atomic mass is 9.87. The van der Waals surface area contributed by atoms with Crippen LogP contribution in [0.25, 0.3) is 0 Å². The molecular formula is C18H15Cl2FN2O3. The standard InChI is InChI=1S/C18H15Cl2FN2O3/c19-11-3-6-15(14(20)9-11)23-17(10-1-4-12(21)5-2-10)13(7-8-24)16(22-23)18(25)26/h1-6,9,13,17,24H,7-8H2,(H,25,26). The molecule has 2 N–H and O–H groups in total. The Morgan fingerprint density at radius 1 is 1.19 bits per heavy atom. The number of carboxylic acid groups (broad SMARTS) is 1. The Balaban J connectivity index is 2.13. The van der Waals surface area contributed by atoms with E-state index in [-0.39, 0.29) is 18.7 Å². The van der Waals surface area contributed by atoms with Gasteiger partial charge in [-0.05, 0) is 42.3 Å². The molecule has 3 rings (SSSR count). The molecule has 1 heterocycles. The van der Waals surface area contributed by atoms with Crippen LogP contribution in [0.2, 0.25) is 10.0 Å². The number of carboxylic acids is 1. The van der Waals surface area contributed by atoms with Crippen LogP contribution in [0.15, 0.2) is 47.6 Å². The second kappa shape index (κ2) is 7.61. The summed E-state index contributed by atoms with van der Waals surface area (Å²) in [6, 6.07) is 9.99. The molecule has 0 spiro atoms. The van der Waals surface area contributed by atoms with E-state index in [4.69, 9.17) is 23.2 Å². The van der Waals surface area contributed by atoms with E-state index in [1.54, 1.807) is 24.3 Å². The Kier molecular flexibility index (Phi) is 5.46. The van der Waals surface area contributed by atoms with E-state index in [9.17, 15) is 19.4 Å². The Hall–Kier alpha value is -2.15. The fraction of sp³-hybridized carbons (Fsp3) is 0.222. The van der Waals surface area contributed by atoms with Gasteiger partial charge in [0, 0.05) is 17.5 Å². The van der Waals surface area contributed by atoms with Crippen LogP contribution in [-0.4, -0.2) is 28.5 Å². The van der Waals surface area contributed by atoms with Crippen LogP contribution >= 0.6 is 23.2 Å². The first-order valence-electron chi connectivity index (χ1n) is 7.84. The van der Waals surface area contributed by atoms with Crippen LogP contribution in [-0.2, 0) is 4.79 Å². The lowest BCUT2D eigenvalue weighted by Crippen LogP contribution is -2.29. The molecule has 0 bridgehead atoms. The molecule has 26 heavy (non-hydrogen) atoms. The molecule has 0 fully saturated rings. The predicted octanol–water partition coefficient (Wildman–Crippen LogP) is 4.13. The number of benzene rings is 2. The molecule has 2 aromatic carbocycles. The number of hydrazone groups is 1. The summed E-state index contributed by atoms with van der Waals surface area (Å²) in [4.78, 5) is 11.7. The molecule has 0 amide bonds. The normalized spacial score (nSPS) is 19.5. The third kappa shape index (κ3) is 3.53. The first kappa shape index (κ1) is 18.6. The van der Waals surface area contributed by atoms with Gasteiger partial charge in [-0.3, -0.25) is 5.01 Å². The van der Waals surface area contributed by atoms with Crippen molar-refractivity contribution in [2.45, 2.75) is 12.5 Å². The number of hydrogen-bond acceptors (Lipinski definition) is 4. The smallest absolute Gasteiger partial charge is 0.352 e. The molecule has 2 unspecified atom stereocenters. The summed E-state index contributed by atoms with van der Waals surface area (Å²) in [7, 11) is 0. The van der Waals surface area contributed by atoms with Gasteiger partial charge in [-0.15, -0.1) is 0 Å². The first-order chi connectivity index (χ1) is 12.4. The van der Waals surface area contributed by atoms with Gasteiger partial charge in [-0.2, -0.15) is 5.10 Å². The van der Waals surface area contributed by atoms with Gasteiger partial charge in [0.15, 0.2) is 5.71 Å². The first-order valence-corrected chi connectivity index (χ1v) is 8.60. The quantitative estimate of drug-likeness (QED) is 0.796. The maximum absolute atomic E-state index is 13.3. The van der Waals surface area contributed by atoms with Gasteiger partial charge in [0.1, 0.15) is 5.82 Å². The van der Waals surface area contributed by atoms with E-state index in [2.05, 4.69) is 5.10 Å². The summed E-state index contributed by atoms with van der Waals surface area (Å²) >= 11 is 12.2. The summed E-state index contributed by atoms with van der Waals surface area (Å²) in [6.07, 6.45) is 0.189. The molecule has 2 atom stereocenters. The van der Waals surface area contributed by atoms with Crippen molar-refractivity contribution < 1.29 is 19.4 Å². The Bertz CT molecular complexity index is 858. The highest BCUT2D eigenvalue weighted by atomic mass is 35.5. The van der Waals surface area contributed by atoms with Gasteiger partial charge >= 0.3 is 5.97 Å². The molecule has 0 saturated heterocycles. The van der Waals surface area contributed by atoms with E-state index in [1.165, 1.54) is 23.2 Å². The zero-order chi connectivity index (χ0) is 18.8. The van der Waals surface area contributed by atoms with Crippen LogP contribution in [0, 0.1) is 11.7 Å². The molecule has 1 aliphatic heterocycles. The molecule has 0 aliphatic carbocycles. The third-order valence-corrected chi connectivity index (χ3v) is 4.78. The summed E-state index contributed by atoms with van der Waals surface area (Å²) in [5.74, 6) is -2.17. The predicted molar refractivity (Wildman–Crippen MR) is 98.3 cm³/mol. The van der Waals surface area contributed by atoms with Crippen LogP contribution in [0.4, 0.5) is 10.1 Å². The maximum atomic E-state index is 13.3. The average Bonchev–Trinajstić information content (AvgIpc) is 2.95. The molecule has 8 heteroatoms. The summed E-state index contributed by atoms with van der Waals surface area (Å²) in [6.45, 7) is -0.211. The van der Waals surface area contributed by atoms with E-state index >= 15 is 0 Å². The van der Waals surface area contributed by atoms with Crippen molar-refractivity contribution in [1.82, 2.24) is 0 Å². The van der Waals surface area contributed by atoms with Crippen molar-refractivity contribution in [2.24, 2.45) is 11.0 Å². The van der Waals surface area contributed by atoms with Crippen LogP contribution in [0.1, 0.15) is 18.0 Å². The number of nitrogens with zero attached hydrogens (tertiary/aromatic N) is 2. The van der Waals surface area contributed by atoms with Crippen LogP contribution in [0.3, 0.4) is 0 Å². The number of hydrogen-bond donors (Lipinski definition) is 2. The SMILES string of the molecule is O=C(O)C1=NN(c2ccc(Cl)cc2Cl)C(c2ccc(F)cc2)C1CCO. The maximum Gasteiger partial charge on any atom is 0.352 e. The second-order valence-electron chi connectivity index (χ2n) is 5.85. The Labute approximate surface area is 159 Å². The van der Waals surface area contributed by atoms with Crippen LogP contribution in [0.5, 0.6) is 0 Å². The van der Waals surface area contributed by atoms with E-state index in [0.29, 0.717) is 21.3 Å². The van der Waals surface area contributed by atoms with E-state index in [0.717, 1.165) is 0 Å². The minimum absolute atomic E-state index is 0.0839. The monoisotopic (exact) mass is 396 g/mol. The number of aliphatic hydroxyl groups is 1. The van der Waals surface area contributed by atoms with Crippen molar-refractivity contribution in [3.8, 4) is 0 Å². The summed E-state index contributed by atoms with van der Waals surface area (Å²) in [5.41, 5.74) is 1.06.